The number of quaternary nitrogens is 1. The molecule has 8 nitrogen and oxygen atoms in total. The highest BCUT2D eigenvalue weighted by Crippen LogP contribution is 2.43. The van der Waals surface area contributed by atoms with Crippen LogP contribution in [0.1, 0.15) is 136 Å². The number of allylic oxidation sites excluding steroid dienone is 8. The Labute approximate surface area is 289 Å². The number of amides is 1. The zero-order valence-electron chi connectivity index (χ0n) is 30.8. The number of likely N-dealkylation sites (N-methyl/N-ethyl adjacent to an activating group) is 1. The number of aliphatic hydroxyl groups excluding tert-OH is 1. The maximum atomic E-state index is 12.7. The molecule has 0 radical (unpaired) electrons. The molecule has 3 N–H and O–H groups in total. The van der Waals surface area contributed by atoms with Gasteiger partial charge in [-0.15, -0.1) is 0 Å². The summed E-state index contributed by atoms with van der Waals surface area (Å²) in [5, 5.41) is 13.6. The number of nitrogens with one attached hydrogen (secondary N) is 1. The Morgan fingerprint density at radius 1 is 0.745 bits per heavy atom. The maximum absolute atomic E-state index is 12.7. The van der Waals surface area contributed by atoms with Crippen molar-refractivity contribution < 1.29 is 32.9 Å². The summed E-state index contributed by atoms with van der Waals surface area (Å²) >= 11 is 0. The average molecular weight is 684 g/mol. The van der Waals surface area contributed by atoms with Gasteiger partial charge in [-0.3, -0.25) is 13.8 Å². The first-order valence-electron chi connectivity index (χ1n) is 18.5. The number of phosphoric ester groups is 1. The molecule has 0 aliphatic carbocycles. The van der Waals surface area contributed by atoms with Crippen LogP contribution >= 0.6 is 7.82 Å². The van der Waals surface area contributed by atoms with Crippen LogP contribution in [0.5, 0.6) is 0 Å². The second kappa shape index (κ2) is 30.5. The Balaban J connectivity index is 4.15. The SMILES string of the molecule is CC/C=C\C/C=C\C/C=C\C/C=C\CCCCCCCCCCC(=O)NC(COP(=O)(O)OCC[N+](C)(C)C)C(O)CCCCCC. The first-order valence-corrected chi connectivity index (χ1v) is 20.0. The van der Waals surface area contributed by atoms with E-state index in [0.29, 0.717) is 23.9 Å². The minimum absolute atomic E-state index is 0.0694. The summed E-state index contributed by atoms with van der Waals surface area (Å²) in [6.07, 6.45) is 36.2. The smallest absolute Gasteiger partial charge is 0.391 e. The van der Waals surface area contributed by atoms with E-state index in [1.807, 2.05) is 21.1 Å². The predicted molar refractivity (Wildman–Crippen MR) is 198 cm³/mol. The third-order valence-electron chi connectivity index (χ3n) is 7.84. The number of aliphatic hydroxyl groups is 1. The lowest BCUT2D eigenvalue weighted by molar-refractivity contribution is -0.870. The summed E-state index contributed by atoms with van der Waals surface area (Å²) in [6, 6.07) is -0.761. The van der Waals surface area contributed by atoms with Crippen LogP contribution in [0.15, 0.2) is 48.6 Å². The Kier molecular flexibility index (Phi) is 29.5. The second-order valence-corrected chi connectivity index (χ2v) is 15.0. The van der Waals surface area contributed by atoms with Crippen LogP contribution in [-0.4, -0.2) is 73.4 Å². The van der Waals surface area contributed by atoms with Crippen molar-refractivity contribution in [3.05, 3.63) is 48.6 Å². The molecule has 0 rings (SSSR count). The fourth-order valence-corrected chi connectivity index (χ4v) is 5.59. The second-order valence-electron chi connectivity index (χ2n) is 13.6. The molecule has 0 saturated heterocycles. The number of carbonyl (C=O) groups is 1. The zero-order chi connectivity index (χ0) is 35.1. The van der Waals surface area contributed by atoms with E-state index >= 15 is 0 Å². The van der Waals surface area contributed by atoms with Gasteiger partial charge in [0.2, 0.25) is 5.91 Å². The van der Waals surface area contributed by atoms with E-state index in [1.54, 1.807) is 0 Å². The van der Waals surface area contributed by atoms with Crippen LogP contribution in [0.2, 0.25) is 0 Å². The predicted octanol–water partition coefficient (Wildman–Crippen LogP) is 9.35. The number of hydrogen-bond donors (Lipinski definition) is 3. The standard InChI is InChI=1S/C38H71N2O6P/c1-6-8-10-12-13-14-15-16-17-18-19-20-21-22-23-24-25-26-27-28-30-32-38(42)39-36(37(41)31-29-11-9-7-2)35-46-47(43,44)45-34-33-40(3,4)5/h8,10,13-14,16-17,19-20,36-37,41H,6-7,9,11-12,15,18,21-35H2,1-5H3,(H-,39,42,43,44)/p+1/b10-8-,14-13-,17-16-,20-19-. The lowest BCUT2D eigenvalue weighted by Crippen LogP contribution is -2.46. The minimum atomic E-state index is -4.29. The van der Waals surface area contributed by atoms with E-state index in [0.717, 1.165) is 77.0 Å². The summed E-state index contributed by atoms with van der Waals surface area (Å²) < 4.78 is 23.3. The van der Waals surface area contributed by atoms with Crippen molar-refractivity contribution in [2.45, 2.75) is 148 Å². The quantitative estimate of drug-likeness (QED) is 0.0283. The Bertz CT molecular complexity index is 912. The molecule has 3 atom stereocenters. The molecule has 0 heterocycles. The molecule has 9 heteroatoms. The number of rotatable bonds is 32. The summed E-state index contributed by atoms with van der Waals surface area (Å²) in [6.45, 7) is 4.61. The summed E-state index contributed by atoms with van der Waals surface area (Å²) in [4.78, 5) is 22.8. The third kappa shape index (κ3) is 32.8. The fraction of sp³-hybridized carbons (Fsp3) is 0.763. The number of nitrogens with zero attached hydrogens (tertiary/aromatic N) is 1. The van der Waals surface area contributed by atoms with Gasteiger partial charge in [0.05, 0.1) is 39.9 Å². The topological polar surface area (TPSA) is 105 Å². The molecule has 274 valence electrons. The summed E-state index contributed by atoms with van der Waals surface area (Å²) in [5.74, 6) is -0.166. The number of unbranched alkanes of at least 4 members (excludes halogenated alkanes) is 11. The van der Waals surface area contributed by atoms with Crippen LogP contribution in [-0.2, 0) is 18.4 Å². The molecular formula is C38H72N2O6P+. The highest BCUT2D eigenvalue weighted by molar-refractivity contribution is 7.47. The van der Waals surface area contributed by atoms with Crippen LogP contribution in [0, 0.1) is 0 Å². The lowest BCUT2D eigenvalue weighted by Gasteiger charge is -2.26. The molecule has 0 saturated carbocycles. The van der Waals surface area contributed by atoms with E-state index in [4.69, 9.17) is 9.05 Å². The van der Waals surface area contributed by atoms with Crippen molar-refractivity contribution in [3.8, 4) is 0 Å². The molecule has 1 amide bonds. The first kappa shape index (κ1) is 45.5. The van der Waals surface area contributed by atoms with Crippen molar-refractivity contribution in [2.24, 2.45) is 0 Å². The van der Waals surface area contributed by atoms with Crippen LogP contribution in [0.25, 0.3) is 0 Å². The van der Waals surface area contributed by atoms with Gasteiger partial charge in [-0.25, -0.2) is 4.57 Å². The largest absolute Gasteiger partial charge is 0.472 e. The van der Waals surface area contributed by atoms with Gasteiger partial charge in [-0.2, -0.15) is 0 Å². The number of carbonyl (C=O) groups excluding carboxylic acids is 1. The van der Waals surface area contributed by atoms with Gasteiger partial charge in [-0.05, 0) is 51.4 Å². The van der Waals surface area contributed by atoms with Crippen LogP contribution in [0.4, 0.5) is 0 Å². The Morgan fingerprint density at radius 2 is 1.28 bits per heavy atom. The minimum Gasteiger partial charge on any atom is -0.391 e. The normalized spacial score (nSPS) is 15.3. The van der Waals surface area contributed by atoms with Gasteiger partial charge >= 0.3 is 7.82 Å². The van der Waals surface area contributed by atoms with E-state index in [-0.39, 0.29) is 19.1 Å². The Hall–Kier alpha value is -1.54. The highest BCUT2D eigenvalue weighted by atomic mass is 31.2. The monoisotopic (exact) mass is 684 g/mol. The highest BCUT2D eigenvalue weighted by Gasteiger charge is 2.28. The van der Waals surface area contributed by atoms with Gasteiger partial charge in [0.25, 0.3) is 0 Å². The molecule has 0 fully saturated rings. The van der Waals surface area contributed by atoms with Crippen molar-refractivity contribution in [3.63, 3.8) is 0 Å². The van der Waals surface area contributed by atoms with Crippen molar-refractivity contribution in [1.82, 2.24) is 5.32 Å². The Morgan fingerprint density at radius 3 is 1.85 bits per heavy atom. The summed E-state index contributed by atoms with van der Waals surface area (Å²) in [7, 11) is 1.59. The van der Waals surface area contributed by atoms with Gasteiger partial charge in [0.1, 0.15) is 13.2 Å². The van der Waals surface area contributed by atoms with Crippen LogP contribution < -0.4 is 5.32 Å². The zero-order valence-corrected chi connectivity index (χ0v) is 31.6. The van der Waals surface area contributed by atoms with Gasteiger partial charge < -0.3 is 19.8 Å². The number of phosphoric acid groups is 1. The fourth-order valence-electron chi connectivity index (χ4n) is 4.86. The molecule has 0 bridgehead atoms. The number of hydrogen-bond acceptors (Lipinski definition) is 5. The molecule has 0 aliphatic rings. The van der Waals surface area contributed by atoms with Crippen molar-refractivity contribution in [1.29, 1.82) is 0 Å². The third-order valence-corrected chi connectivity index (χ3v) is 8.83. The van der Waals surface area contributed by atoms with Gasteiger partial charge in [0, 0.05) is 6.42 Å². The molecular weight excluding hydrogens is 611 g/mol. The lowest BCUT2D eigenvalue weighted by atomic mass is 10.0. The first-order chi connectivity index (χ1) is 22.5. The van der Waals surface area contributed by atoms with E-state index < -0.39 is 20.0 Å². The molecule has 0 aromatic heterocycles. The molecule has 47 heavy (non-hydrogen) atoms. The van der Waals surface area contributed by atoms with E-state index in [2.05, 4.69) is 67.8 Å². The van der Waals surface area contributed by atoms with Gasteiger partial charge in [-0.1, -0.05) is 127 Å². The maximum Gasteiger partial charge on any atom is 0.472 e. The molecule has 0 aromatic carbocycles. The molecule has 0 aromatic rings. The van der Waals surface area contributed by atoms with E-state index in [9.17, 15) is 19.4 Å². The van der Waals surface area contributed by atoms with Gasteiger partial charge in [0.15, 0.2) is 0 Å². The molecule has 0 spiro atoms. The van der Waals surface area contributed by atoms with E-state index in [1.165, 1.54) is 32.1 Å². The summed E-state index contributed by atoms with van der Waals surface area (Å²) in [5.41, 5.74) is 0. The molecule has 3 unspecified atom stereocenters. The molecule has 0 aliphatic heterocycles. The van der Waals surface area contributed by atoms with Crippen molar-refractivity contribution in [2.75, 3.05) is 40.9 Å². The van der Waals surface area contributed by atoms with Crippen LogP contribution in [0.3, 0.4) is 0 Å². The van der Waals surface area contributed by atoms with Crippen molar-refractivity contribution >= 4 is 13.7 Å². The average Bonchev–Trinajstić information content (AvgIpc) is 3.01.